The highest BCUT2D eigenvalue weighted by Crippen LogP contribution is 2.21. The van der Waals surface area contributed by atoms with Gasteiger partial charge in [-0.05, 0) is 58.0 Å². The van der Waals surface area contributed by atoms with Crippen LogP contribution in [0.15, 0.2) is 0 Å². The summed E-state index contributed by atoms with van der Waals surface area (Å²) >= 11 is 0. The van der Waals surface area contributed by atoms with Crippen LogP contribution in [0.1, 0.15) is 58.8 Å². The van der Waals surface area contributed by atoms with E-state index in [4.69, 9.17) is 4.74 Å². The predicted molar refractivity (Wildman–Crippen MR) is 85.1 cm³/mol. The van der Waals surface area contributed by atoms with Crippen LogP contribution in [0.2, 0.25) is 0 Å². The third kappa shape index (κ3) is 5.34. The van der Waals surface area contributed by atoms with Crippen molar-refractivity contribution >= 4 is 0 Å². The molecule has 3 atom stereocenters. The summed E-state index contributed by atoms with van der Waals surface area (Å²) < 4.78 is 5.74. The Balaban J connectivity index is 1.59. The highest BCUT2D eigenvalue weighted by Gasteiger charge is 2.22. The Kier molecular flexibility index (Phi) is 7.32. The molecule has 2 aliphatic heterocycles. The Bertz CT molecular complexity index is 253. The quantitative estimate of drug-likeness (QED) is 0.777. The zero-order valence-electron chi connectivity index (χ0n) is 13.6. The van der Waals surface area contributed by atoms with Gasteiger partial charge in [-0.1, -0.05) is 19.8 Å². The van der Waals surface area contributed by atoms with Crippen LogP contribution in [-0.4, -0.2) is 49.8 Å². The summed E-state index contributed by atoms with van der Waals surface area (Å²) in [5.41, 5.74) is 0. The molecule has 2 aliphatic rings. The Morgan fingerprint density at radius 2 is 2.10 bits per heavy atom. The second-order valence-corrected chi connectivity index (χ2v) is 6.72. The second kappa shape index (κ2) is 9.01. The standard InChI is InChI=1S/C17H34N2O/c1-3-6-16-7-4-11-19(12-9-16)13-10-18-15(2)17-8-5-14-20-17/h15-18H,3-14H2,1-2H3. The van der Waals surface area contributed by atoms with E-state index in [-0.39, 0.29) is 0 Å². The lowest BCUT2D eigenvalue weighted by atomic mass is 9.96. The molecule has 2 saturated heterocycles. The van der Waals surface area contributed by atoms with Crippen molar-refractivity contribution in [2.75, 3.05) is 32.8 Å². The van der Waals surface area contributed by atoms with Crippen LogP contribution in [0.5, 0.6) is 0 Å². The maximum atomic E-state index is 5.74. The summed E-state index contributed by atoms with van der Waals surface area (Å²) in [6.07, 6.45) is 9.96. The van der Waals surface area contributed by atoms with Crippen molar-refractivity contribution in [2.24, 2.45) is 5.92 Å². The van der Waals surface area contributed by atoms with Crippen LogP contribution in [-0.2, 0) is 4.74 Å². The van der Waals surface area contributed by atoms with Gasteiger partial charge in [-0.3, -0.25) is 0 Å². The summed E-state index contributed by atoms with van der Waals surface area (Å²) in [5.74, 6) is 0.990. The lowest BCUT2D eigenvalue weighted by Crippen LogP contribution is -2.41. The molecule has 118 valence electrons. The summed E-state index contributed by atoms with van der Waals surface area (Å²) in [5, 5.41) is 3.66. The molecule has 0 amide bonds. The molecule has 2 fully saturated rings. The molecule has 0 spiro atoms. The first-order valence-electron chi connectivity index (χ1n) is 8.87. The van der Waals surface area contributed by atoms with Crippen molar-refractivity contribution in [3.63, 3.8) is 0 Å². The fourth-order valence-electron chi connectivity index (χ4n) is 3.72. The van der Waals surface area contributed by atoms with Gasteiger partial charge in [-0.25, -0.2) is 0 Å². The molecule has 2 heterocycles. The van der Waals surface area contributed by atoms with E-state index < -0.39 is 0 Å². The van der Waals surface area contributed by atoms with Gasteiger partial charge in [0.25, 0.3) is 0 Å². The van der Waals surface area contributed by atoms with E-state index >= 15 is 0 Å². The van der Waals surface area contributed by atoms with Crippen LogP contribution < -0.4 is 5.32 Å². The third-order valence-electron chi connectivity index (χ3n) is 5.05. The SMILES string of the molecule is CCCC1CCCN(CCNC(C)C2CCCO2)CC1. The first-order valence-corrected chi connectivity index (χ1v) is 8.87. The molecule has 0 aromatic carbocycles. The second-order valence-electron chi connectivity index (χ2n) is 6.72. The molecular formula is C17H34N2O. The van der Waals surface area contributed by atoms with Crippen molar-refractivity contribution in [1.82, 2.24) is 10.2 Å². The van der Waals surface area contributed by atoms with E-state index in [1.807, 2.05) is 0 Å². The topological polar surface area (TPSA) is 24.5 Å². The van der Waals surface area contributed by atoms with Crippen LogP contribution in [0, 0.1) is 5.92 Å². The molecular weight excluding hydrogens is 248 g/mol. The van der Waals surface area contributed by atoms with Gasteiger partial charge in [0.2, 0.25) is 0 Å². The van der Waals surface area contributed by atoms with Crippen molar-refractivity contribution in [1.29, 1.82) is 0 Å². The normalized spacial score (nSPS) is 30.3. The van der Waals surface area contributed by atoms with Crippen molar-refractivity contribution in [3.8, 4) is 0 Å². The molecule has 0 bridgehead atoms. The zero-order valence-corrected chi connectivity index (χ0v) is 13.6. The molecule has 0 aliphatic carbocycles. The monoisotopic (exact) mass is 282 g/mol. The number of nitrogens with one attached hydrogen (secondary N) is 1. The number of hydrogen-bond donors (Lipinski definition) is 1. The largest absolute Gasteiger partial charge is 0.377 e. The molecule has 1 N–H and O–H groups in total. The van der Waals surface area contributed by atoms with Crippen molar-refractivity contribution in [2.45, 2.75) is 70.9 Å². The average Bonchev–Trinajstić information content (AvgIpc) is 2.89. The summed E-state index contributed by atoms with van der Waals surface area (Å²) in [6, 6.07) is 0.511. The van der Waals surface area contributed by atoms with Crippen molar-refractivity contribution in [3.05, 3.63) is 0 Å². The zero-order chi connectivity index (χ0) is 14.2. The van der Waals surface area contributed by atoms with Crippen LogP contribution in [0.4, 0.5) is 0 Å². The minimum Gasteiger partial charge on any atom is -0.377 e. The molecule has 2 rings (SSSR count). The van der Waals surface area contributed by atoms with E-state index in [9.17, 15) is 0 Å². The lowest BCUT2D eigenvalue weighted by molar-refractivity contribution is 0.0827. The van der Waals surface area contributed by atoms with Crippen LogP contribution in [0.25, 0.3) is 0 Å². The predicted octanol–water partition coefficient (Wildman–Crippen LogP) is 3.05. The van der Waals surface area contributed by atoms with E-state index in [0.29, 0.717) is 12.1 Å². The van der Waals surface area contributed by atoms with E-state index in [0.717, 1.165) is 19.1 Å². The number of hydrogen-bond acceptors (Lipinski definition) is 3. The van der Waals surface area contributed by atoms with Gasteiger partial charge in [0, 0.05) is 25.7 Å². The fraction of sp³-hybridized carbons (Fsp3) is 1.00. The lowest BCUT2D eigenvalue weighted by Gasteiger charge is -2.24. The first-order chi connectivity index (χ1) is 9.79. The molecule has 0 aromatic heterocycles. The molecule has 0 saturated carbocycles. The fourth-order valence-corrected chi connectivity index (χ4v) is 3.72. The van der Waals surface area contributed by atoms with Gasteiger partial charge in [-0.15, -0.1) is 0 Å². The summed E-state index contributed by atoms with van der Waals surface area (Å²) in [4.78, 5) is 2.66. The maximum Gasteiger partial charge on any atom is 0.0726 e. The minimum atomic E-state index is 0.452. The Morgan fingerprint density at radius 3 is 2.85 bits per heavy atom. The number of likely N-dealkylation sites (tertiary alicyclic amines) is 1. The molecule has 3 nitrogen and oxygen atoms in total. The Hall–Kier alpha value is -0.120. The number of rotatable bonds is 7. The number of nitrogens with zero attached hydrogens (tertiary/aromatic N) is 1. The molecule has 3 heteroatoms. The smallest absolute Gasteiger partial charge is 0.0726 e. The van der Waals surface area contributed by atoms with Gasteiger partial charge < -0.3 is 15.0 Å². The minimum absolute atomic E-state index is 0.452. The van der Waals surface area contributed by atoms with Gasteiger partial charge in [0.15, 0.2) is 0 Å². The van der Waals surface area contributed by atoms with Crippen molar-refractivity contribution < 1.29 is 4.74 Å². The molecule has 3 unspecified atom stereocenters. The maximum absolute atomic E-state index is 5.74. The third-order valence-corrected chi connectivity index (χ3v) is 5.05. The Labute approximate surface area is 125 Å². The van der Waals surface area contributed by atoms with Gasteiger partial charge >= 0.3 is 0 Å². The highest BCUT2D eigenvalue weighted by molar-refractivity contribution is 4.77. The molecule has 0 radical (unpaired) electrons. The van der Waals surface area contributed by atoms with Crippen LogP contribution in [0.3, 0.4) is 0 Å². The van der Waals surface area contributed by atoms with Gasteiger partial charge in [0.05, 0.1) is 6.10 Å². The van der Waals surface area contributed by atoms with E-state index in [1.54, 1.807) is 0 Å². The summed E-state index contributed by atoms with van der Waals surface area (Å²) in [6.45, 7) is 10.5. The Morgan fingerprint density at radius 1 is 1.20 bits per heavy atom. The summed E-state index contributed by atoms with van der Waals surface area (Å²) in [7, 11) is 0. The first kappa shape index (κ1) is 16.3. The van der Waals surface area contributed by atoms with Gasteiger partial charge in [-0.2, -0.15) is 0 Å². The van der Waals surface area contributed by atoms with Gasteiger partial charge in [0.1, 0.15) is 0 Å². The van der Waals surface area contributed by atoms with Crippen LogP contribution >= 0.6 is 0 Å². The molecule has 0 aromatic rings. The van der Waals surface area contributed by atoms with E-state index in [1.165, 1.54) is 64.6 Å². The molecule has 20 heavy (non-hydrogen) atoms. The average molecular weight is 282 g/mol. The number of ether oxygens (including phenoxy) is 1. The highest BCUT2D eigenvalue weighted by atomic mass is 16.5. The van der Waals surface area contributed by atoms with E-state index in [2.05, 4.69) is 24.1 Å².